The third-order valence-electron chi connectivity index (χ3n) is 2.96. The van der Waals surface area contributed by atoms with Crippen LogP contribution < -0.4 is 4.90 Å². The average Bonchev–Trinajstić information content (AvgIpc) is 2.81. The smallest absolute Gasteiger partial charge is 0.308 e. The summed E-state index contributed by atoms with van der Waals surface area (Å²) in [7, 11) is 0. The third kappa shape index (κ3) is 3.54. The minimum absolute atomic E-state index is 0.113. The number of anilines is 1. The molecule has 20 heavy (non-hydrogen) atoms. The van der Waals surface area contributed by atoms with E-state index in [-0.39, 0.29) is 43.2 Å². The summed E-state index contributed by atoms with van der Waals surface area (Å²) >= 11 is 12.5. The number of nitrogens with zero attached hydrogens (tertiary/aromatic N) is 1. The van der Waals surface area contributed by atoms with E-state index in [2.05, 4.69) is 31.9 Å². The van der Waals surface area contributed by atoms with Crippen LogP contribution in [0.15, 0.2) is 27.1 Å². The van der Waals surface area contributed by atoms with Gasteiger partial charge in [-0.05, 0) is 50.1 Å². The Kier molecular flexibility index (Phi) is 5.46. The Bertz CT molecular complexity index is 538. The van der Waals surface area contributed by atoms with Gasteiger partial charge >= 0.3 is 5.97 Å². The SMILES string of the molecule is O=C1CC(N(C(=O)CCCl)c2ccc(Br)c(Br)c2)CO1. The second-order valence-electron chi connectivity index (χ2n) is 4.34. The van der Waals surface area contributed by atoms with Gasteiger partial charge in [-0.25, -0.2) is 0 Å². The molecular formula is C13H12Br2ClNO3. The van der Waals surface area contributed by atoms with Crippen LogP contribution in [0.3, 0.4) is 0 Å². The first-order valence-corrected chi connectivity index (χ1v) is 8.13. The molecule has 4 nitrogen and oxygen atoms in total. The van der Waals surface area contributed by atoms with Gasteiger partial charge in [0.05, 0.1) is 12.5 Å². The van der Waals surface area contributed by atoms with Crippen LogP contribution in [-0.4, -0.2) is 30.4 Å². The number of hydrogen-bond acceptors (Lipinski definition) is 3. The highest BCUT2D eigenvalue weighted by Gasteiger charge is 2.33. The number of cyclic esters (lactones) is 1. The fourth-order valence-corrected chi connectivity index (χ4v) is 2.83. The molecule has 0 aliphatic carbocycles. The lowest BCUT2D eigenvalue weighted by atomic mass is 10.1. The van der Waals surface area contributed by atoms with Gasteiger partial charge in [-0.1, -0.05) is 0 Å². The van der Waals surface area contributed by atoms with Crippen LogP contribution in [0.25, 0.3) is 0 Å². The molecule has 0 N–H and O–H groups in total. The molecule has 1 aromatic carbocycles. The van der Waals surface area contributed by atoms with Crippen LogP contribution in [-0.2, 0) is 14.3 Å². The predicted octanol–water partition coefficient (Wildman–Crippen LogP) is 3.49. The minimum atomic E-state index is -0.283. The zero-order valence-corrected chi connectivity index (χ0v) is 14.4. The van der Waals surface area contributed by atoms with Crippen molar-refractivity contribution in [3.8, 4) is 0 Å². The van der Waals surface area contributed by atoms with Crippen LogP contribution in [0, 0.1) is 0 Å². The quantitative estimate of drug-likeness (QED) is 0.548. The van der Waals surface area contributed by atoms with E-state index in [1.807, 2.05) is 18.2 Å². The maximum atomic E-state index is 12.3. The molecule has 7 heteroatoms. The van der Waals surface area contributed by atoms with Crippen LogP contribution in [0.5, 0.6) is 0 Å². The van der Waals surface area contributed by atoms with Gasteiger partial charge in [-0.15, -0.1) is 11.6 Å². The van der Waals surface area contributed by atoms with Crippen LogP contribution in [0.1, 0.15) is 12.8 Å². The van der Waals surface area contributed by atoms with Crippen molar-refractivity contribution >= 4 is 61.0 Å². The van der Waals surface area contributed by atoms with E-state index in [9.17, 15) is 9.59 Å². The molecule has 1 saturated heterocycles. The molecule has 1 aliphatic heterocycles. The summed E-state index contributed by atoms with van der Waals surface area (Å²) in [5.74, 6) is -0.151. The summed E-state index contributed by atoms with van der Waals surface area (Å²) in [6.45, 7) is 0.223. The van der Waals surface area contributed by atoms with Crippen molar-refractivity contribution in [2.45, 2.75) is 18.9 Å². The van der Waals surface area contributed by atoms with Gasteiger partial charge in [-0.2, -0.15) is 0 Å². The molecule has 0 saturated carbocycles. The Balaban J connectivity index is 2.32. The first kappa shape index (κ1) is 15.8. The van der Waals surface area contributed by atoms with Gasteiger partial charge < -0.3 is 9.64 Å². The highest BCUT2D eigenvalue weighted by molar-refractivity contribution is 9.13. The molecule has 2 rings (SSSR count). The fourth-order valence-electron chi connectivity index (χ4n) is 2.06. The number of alkyl halides is 1. The van der Waals surface area contributed by atoms with Crippen LogP contribution in [0.4, 0.5) is 5.69 Å². The molecule has 1 fully saturated rings. The number of rotatable bonds is 4. The summed E-state index contributed by atoms with van der Waals surface area (Å²) in [6.07, 6.45) is 0.432. The molecule has 1 heterocycles. The third-order valence-corrected chi connectivity index (χ3v) is 5.03. The number of carbonyl (C=O) groups is 2. The highest BCUT2D eigenvalue weighted by atomic mass is 79.9. The van der Waals surface area contributed by atoms with Crippen LogP contribution >= 0.6 is 43.5 Å². The van der Waals surface area contributed by atoms with Crippen molar-refractivity contribution in [1.82, 2.24) is 0 Å². The molecule has 1 aliphatic rings. The second-order valence-corrected chi connectivity index (χ2v) is 6.43. The fraction of sp³-hybridized carbons (Fsp3) is 0.385. The maximum Gasteiger partial charge on any atom is 0.308 e. The van der Waals surface area contributed by atoms with Crippen molar-refractivity contribution in [2.75, 3.05) is 17.4 Å². The molecule has 0 aromatic heterocycles. The topological polar surface area (TPSA) is 46.6 Å². The zero-order chi connectivity index (χ0) is 14.7. The van der Waals surface area contributed by atoms with Crippen LogP contribution in [0.2, 0.25) is 0 Å². The first-order valence-electron chi connectivity index (χ1n) is 6.01. The Morgan fingerprint density at radius 3 is 2.70 bits per heavy atom. The van der Waals surface area contributed by atoms with E-state index in [4.69, 9.17) is 16.3 Å². The summed E-state index contributed by atoms with van der Waals surface area (Å²) in [5, 5.41) is 0. The van der Waals surface area contributed by atoms with Crippen molar-refractivity contribution in [1.29, 1.82) is 0 Å². The van der Waals surface area contributed by atoms with Gasteiger partial charge in [0.25, 0.3) is 0 Å². The number of esters is 1. The van der Waals surface area contributed by atoms with Crippen molar-refractivity contribution < 1.29 is 14.3 Å². The second kappa shape index (κ2) is 6.91. The lowest BCUT2D eigenvalue weighted by Gasteiger charge is -2.27. The van der Waals surface area contributed by atoms with E-state index in [1.165, 1.54) is 0 Å². The molecular weight excluding hydrogens is 413 g/mol. The normalized spacial score (nSPS) is 17.9. The Hall–Kier alpha value is -0.590. The summed E-state index contributed by atoms with van der Waals surface area (Å²) in [6, 6.07) is 5.23. The summed E-state index contributed by atoms with van der Waals surface area (Å²) in [5.41, 5.74) is 0.721. The van der Waals surface area contributed by atoms with E-state index in [1.54, 1.807) is 4.90 Å². The van der Waals surface area contributed by atoms with Gasteiger partial charge in [0.1, 0.15) is 6.61 Å². The number of benzene rings is 1. The van der Waals surface area contributed by atoms with E-state index < -0.39 is 0 Å². The van der Waals surface area contributed by atoms with Crippen molar-refractivity contribution in [2.24, 2.45) is 0 Å². The first-order chi connectivity index (χ1) is 9.52. The monoisotopic (exact) mass is 423 g/mol. The number of ether oxygens (including phenoxy) is 1. The van der Waals surface area contributed by atoms with Crippen molar-refractivity contribution in [3.05, 3.63) is 27.1 Å². The van der Waals surface area contributed by atoms with E-state index in [0.29, 0.717) is 0 Å². The summed E-state index contributed by atoms with van der Waals surface area (Å²) in [4.78, 5) is 25.2. The largest absolute Gasteiger partial charge is 0.463 e. The molecule has 0 spiro atoms. The lowest BCUT2D eigenvalue weighted by Crippen LogP contribution is -2.41. The number of amides is 1. The van der Waals surface area contributed by atoms with E-state index in [0.717, 1.165) is 14.6 Å². The molecule has 1 amide bonds. The average molecular weight is 426 g/mol. The van der Waals surface area contributed by atoms with Gasteiger partial charge in [0.15, 0.2) is 0 Å². The van der Waals surface area contributed by atoms with E-state index >= 15 is 0 Å². The highest BCUT2D eigenvalue weighted by Crippen LogP contribution is 2.31. The maximum absolute atomic E-state index is 12.3. The summed E-state index contributed by atoms with van der Waals surface area (Å²) < 4.78 is 6.69. The predicted molar refractivity (Wildman–Crippen MR) is 84.0 cm³/mol. The molecule has 0 radical (unpaired) electrons. The molecule has 0 bridgehead atoms. The Morgan fingerprint density at radius 2 is 2.15 bits per heavy atom. The minimum Gasteiger partial charge on any atom is -0.463 e. The molecule has 1 atom stereocenters. The number of halogens is 3. The molecule has 1 unspecified atom stereocenters. The van der Waals surface area contributed by atoms with Gasteiger partial charge in [-0.3, -0.25) is 9.59 Å². The Morgan fingerprint density at radius 1 is 1.40 bits per heavy atom. The van der Waals surface area contributed by atoms with Crippen molar-refractivity contribution in [3.63, 3.8) is 0 Å². The molecule has 108 valence electrons. The number of carbonyl (C=O) groups excluding carboxylic acids is 2. The molecule has 1 aromatic rings. The van der Waals surface area contributed by atoms with Gasteiger partial charge in [0.2, 0.25) is 5.91 Å². The zero-order valence-electron chi connectivity index (χ0n) is 10.4. The lowest BCUT2D eigenvalue weighted by molar-refractivity contribution is -0.138. The standard InChI is InChI=1S/C13H12Br2ClNO3/c14-10-2-1-8(5-11(10)15)17(12(18)3-4-16)9-6-13(19)20-7-9/h1-2,5,9H,3-4,6-7H2. The van der Waals surface area contributed by atoms with Gasteiger partial charge in [0, 0.05) is 26.9 Å². The Labute approximate surface area is 138 Å². The number of hydrogen-bond donors (Lipinski definition) is 0.